The van der Waals surface area contributed by atoms with Gasteiger partial charge in [0.2, 0.25) is 5.91 Å². The van der Waals surface area contributed by atoms with Gasteiger partial charge in [-0.2, -0.15) is 4.79 Å². The van der Waals surface area contributed by atoms with E-state index in [4.69, 9.17) is 16.3 Å². The average Bonchev–Trinajstić information content (AvgIpc) is 3.00. The van der Waals surface area contributed by atoms with Crippen LogP contribution in [-0.2, 0) is 27.3 Å². The van der Waals surface area contributed by atoms with Gasteiger partial charge >= 0.3 is 12.1 Å². The first kappa shape index (κ1) is 24.7. The van der Waals surface area contributed by atoms with Gasteiger partial charge in [0.25, 0.3) is 0 Å². The molecule has 2 amide bonds. The number of quaternary nitrogens is 1. The Hall–Kier alpha value is -2.90. The average molecular weight is 474 g/mol. The molecule has 2 N–H and O–H groups in total. The SMILES string of the molecule is CC(C)(C)OC(=O)[N+]1(C)Cc2ccccc2C1CC(=O)NC(Cc1ccc(Cl)cc1)C(=O)O. The van der Waals surface area contributed by atoms with E-state index in [1.807, 2.05) is 24.3 Å². The molecule has 7 nitrogen and oxygen atoms in total. The number of nitrogens with zero attached hydrogens (tertiary/aromatic N) is 1. The molecule has 0 bridgehead atoms. The molecule has 2 aromatic carbocycles. The predicted octanol–water partition coefficient (Wildman–Crippen LogP) is 4.48. The molecule has 0 saturated carbocycles. The van der Waals surface area contributed by atoms with Gasteiger partial charge in [0, 0.05) is 22.6 Å². The molecule has 3 atom stereocenters. The van der Waals surface area contributed by atoms with Crippen molar-refractivity contribution in [1.29, 1.82) is 0 Å². The zero-order valence-corrected chi connectivity index (χ0v) is 20.1. The smallest absolute Gasteiger partial charge is 0.480 e. The Balaban J connectivity index is 1.80. The second-order valence-corrected chi connectivity index (χ2v) is 10.1. The van der Waals surface area contributed by atoms with Crippen molar-refractivity contribution in [2.45, 2.75) is 57.8 Å². The van der Waals surface area contributed by atoms with E-state index in [9.17, 15) is 19.5 Å². The number of amides is 2. The molecule has 3 rings (SSSR count). The number of carboxylic acids is 1. The minimum atomic E-state index is -1.13. The number of hydrogen-bond donors (Lipinski definition) is 2. The van der Waals surface area contributed by atoms with E-state index in [1.54, 1.807) is 52.1 Å². The predicted molar refractivity (Wildman–Crippen MR) is 125 cm³/mol. The fourth-order valence-electron chi connectivity index (χ4n) is 4.13. The monoisotopic (exact) mass is 473 g/mol. The van der Waals surface area contributed by atoms with Gasteiger partial charge in [-0.3, -0.25) is 4.79 Å². The maximum atomic E-state index is 13.2. The van der Waals surface area contributed by atoms with Crippen LogP contribution in [0.1, 0.15) is 49.9 Å². The Morgan fingerprint density at radius 3 is 2.39 bits per heavy atom. The number of halogens is 1. The van der Waals surface area contributed by atoms with Crippen molar-refractivity contribution in [2.75, 3.05) is 7.05 Å². The molecule has 0 spiro atoms. The minimum absolute atomic E-state index is 0.0445. The number of carboxylic acid groups (broad SMARTS) is 1. The fraction of sp³-hybridized carbons (Fsp3) is 0.400. The van der Waals surface area contributed by atoms with Crippen LogP contribution in [0.3, 0.4) is 0 Å². The van der Waals surface area contributed by atoms with E-state index in [2.05, 4.69) is 5.32 Å². The zero-order chi connectivity index (χ0) is 24.4. The van der Waals surface area contributed by atoms with Crippen molar-refractivity contribution in [3.05, 3.63) is 70.2 Å². The summed E-state index contributed by atoms with van der Waals surface area (Å²) in [6.45, 7) is 5.80. The lowest BCUT2D eigenvalue weighted by Crippen LogP contribution is -2.51. The fourth-order valence-corrected chi connectivity index (χ4v) is 4.25. The van der Waals surface area contributed by atoms with E-state index >= 15 is 0 Å². The summed E-state index contributed by atoms with van der Waals surface area (Å²) in [5, 5.41) is 12.8. The lowest BCUT2D eigenvalue weighted by molar-refractivity contribution is -0.875. The summed E-state index contributed by atoms with van der Waals surface area (Å²) in [6, 6.07) is 12.8. The quantitative estimate of drug-likeness (QED) is 0.603. The second kappa shape index (κ2) is 9.53. The van der Waals surface area contributed by atoms with Gasteiger partial charge in [-0.25, -0.2) is 9.28 Å². The molecule has 0 aliphatic carbocycles. The van der Waals surface area contributed by atoms with E-state index in [0.717, 1.165) is 16.7 Å². The highest BCUT2D eigenvalue weighted by Crippen LogP contribution is 2.42. The van der Waals surface area contributed by atoms with Crippen molar-refractivity contribution < 1.29 is 28.7 Å². The summed E-state index contributed by atoms with van der Waals surface area (Å²) in [7, 11) is 1.76. The van der Waals surface area contributed by atoms with Crippen LogP contribution in [0, 0.1) is 0 Å². The highest BCUT2D eigenvalue weighted by Gasteiger charge is 2.51. The summed E-state index contributed by atoms with van der Waals surface area (Å²) in [4.78, 5) is 38.0. The summed E-state index contributed by atoms with van der Waals surface area (Å²) < 4.78 is 5.56. The lowest BCUT2D eigenvalue weighted by atomic mass is 10.0. The standard InChI is InChI=1S/C25H29ClN2O5/c1-25(2,3)33-24(32)28(4)15-17-7-5-6-8-19(17)21(28)14-22(29)27-20(23(30)31)13-16-9-11-18(26)12-10-16/h5-12,20-21H,13-15H2,1-4H3,(H-,27,29,30,31)/p+1. The van der Waals surface area contributed by atoms with Crippen molar-refractivity contribution in [3.8, 4) is 0 Å². The Kier molecular flexibility index (Phi) is 7.14. The number of nitrogens with one attached hydrogen (secondary N) is 1. The van der Waals surface area contributed by atoms with Crippen molar-refractivity contribution in [3.63, 3.8) is 0 Å². The van der Waals surface area contributed by atoms with Crippen LogP contribution in [0.15, 0.2) is 48.5 Å². The topological polar surface area (TPSA) is 92.7 Å². The van der Waals surface area contributed by atoms with Crippen LogP contribution in [0.25, 0.3) is 0 Å². The van der Waals surface area contributed by atoms with Gasteiger partial charge in [-0.15, -0.1) is 0 Å². The number of carbonyl (C=O) groups is 3. The van der Waals surface area contributed by atoms with Gasteiger partial charge in [-0.05, 0) is 38.5 Å². The molecule has 0 aromatic heterocycles. The van der Waals surface area contributed by atoms with Gasteiger partial charge in [0.1, 0.15) is 24.2 Å². The lowest BCUT2D eigenvalue weighted by Gasteiger charge is -2.34. The van der Waals surface area contributed by atoms with Crippen LogP contribution in [0.4, 0.5) is 4.79 Å². The largest absolute Gasteiger partial charge is 0.517 e. The molecule has 33 heavy (non-hydrogen) atoms. The Labute approximate surface area is 198 Å². The Morgan fingerprint density at radius 2 is 1.79 bits per heavy atom. The summed E-state index contributed by atoms with van der Waals surface area (Å²) >= 11 is 5.90. The zero-order valence-electron chi connectivity index (χ0n) is 19.3. The normalized spacial score (nSPS) is 20.6. The van der Waals surface area contributed by atoms with E-state index < -0.39 is 35.7 Å². The van der Waals surface area contributed by atoms with Crippen LogP contribution < -0.4 is 5.32 Å². The molecule has 3 unspecified atom stereocenters. The molecule has 176 valence electrons. The number of ether oxygens (including phenoxy) is 1. The van der Waals surface area contributed by atoms with Crippen molar-refractivity contribution >= 4 is 29.6 Å². The molecule has 2 aromatic rings. The van der Waals surface area contributed by atoms with E-state index in [0.29, 0.717) is 11.6 Å². The molecular formula is C25H30ClN2O5+. The van der Waals surface area contributed by atoms with Crippen LogP contribution in [0.5, 0.6) is 0 Å². The third kappa shape index (κ3) is 5.92. The number of benzene rings is 2. The van der Waals surface area contributed by atoms with Gasteiger partial charge < -0.3 is 15.2 Å². The number of hydrogen-bond acceptors (Lipinski definition) is 4. The van der Waals surface area contributed by atoms with Crippen LogP contribution >= 0.6 is 11.6 Å². The third-order valence-corrected chi connectivity index (χ3v) is 6.03. The molecule has 0 radical (unpaired) electrons. The number of fused-ring (bicyclic) bond motifs is 1. The Morgan fingerprint density at radius 1 is 1.15 bits per heavy atom. The molecule has 1 aliphatic heterocycles. The summed E-state index contributed by atoms with van der Waals surface area (Å²) in [5.41, 5.74) is 1.94. The molecule has 0 fully saturated rings. The van der Waals surface area contributed by atoms with Crippen molar-refractivity contribution in [1.82, 2.24) is 5.32 Å². The van der Waals surface area contributed by atoms with E-state index in [1.165, 1.54) is 0 Å². The number of rotatable bonds is 6. The van der Waals surface area contributed by atoms with Gasteiger partial charge in [0.15, 0.2) is 0 Å². The van der Waals surface area contributed by atoms with Gasteiger partial charge in [0.05, 0.1) is 13.5 Å². The third-order valence-electron chi connectivity index (χ3n) is 5.78. The first-order valence-corrected chi connectivity index (χ1v) is 11.2. The maximum absolute atomic E-state index is 13.2. The first-order valence-electron chi connectivity index (χ1n) is 10.8. The number of carbonyl (C=O) groups excluding carboxylic acids is 2. The molecule has 1 heterocycles. The molecule has 8 heteroatoms. The summed E-state index contributed by atoms with van der Waals surface area (Å²) in [5.74, 6) is -1.57. The number of aliphatic carboxylic acids is 1. The maximum Gasteiger partial charge on any atom is 0.517 e. The highest BCUT2D eigenvalue weighted by molar-refractivity contribution is 6.30. The van der Waals surface area contributed by atoms with Gasteiger partial charge in [-0.1, -0.05) is 48.0 Å². The van der Waals surface area contributed by atoms with Crippen LogP contribution in [-0.4, -0.2) is 46.2 Å². The van der Waals surface area contributed by atoms with Crippen LogP contribution in [0.2, 0.25) is 5.02 Å². The first-order chi connectivity index (χ1) is 15.4. The molecular weight excluding hydrogens is 444 g/mol. The second-order valence-electron chi connectivity index (χ2n) is 9.61. The Bertz CT molecular complexity index is 1050. The molecule has 0 saturated heterocycles. The highest BCUT2D eigenvalue weighted by atomic mass is 35.5. The summed E-state index contributed by atoms with van der Waals surface area (Å²) in [6.07, 6.45) is -0.345. The molecule has 1 aliphatic rings. The van der Waals surface area contributed by atoms with E-state index in [-0.39, 0.29) is 17.3 Å². The minimum Gasteiger partial charge on any atom is -0.480 e. The van der Waals surface area contributed by atoms with Crippen molar-refractivity contribution in [2.24, 2.45) is 0 Å².